The molecule has 5 heteroatoms. The van der Waals surface area contributed by atoms with Gasteiger partial charge in [0.05, 0.1) is 13.2 Å². The normalized spacial score (nSPS) is 12.6. The first-order valence-corrected chi connectivity index (χ1v) is 5.85. The molecule has 0 heterocycles. The molecular weight excluding hydrogens is 222 g/mol. The zero-order valence-electron chi connectivity index (χ0n) is 11.3. The van der Waals surface area contributed by atoms with E-state index in [4.69, 9.17) is 4.74 Å². The van der Waals surface area contributed by atoms with Crippen molar-refractivity contribution in [3.63, 3.8) is 0 Å². The fraction of sp³-hybridized carbons (Fsp3) is 0.833. The Bertz CT molecular complexity index is 251. The van der Waals surface area contributed by atoms with Gasteiger partial charge < -0.3 is 14.8 Å². The van der Waals surface area contributed by atoms with Gasteiger partial charge in [-0.3, -0.25) is 4.79 Å². The molecule has 0 aromatic heterocycles. The van der Waals surface area contributed by atoms with Crippen molar-refractivity contribution in [1.29, 1.82) is 0 Å². The molecule has 5 nitrogen and oxygen atoms in total. The monoisotopic (exact) mass is 245 g/mol. The highest BCUT2D eigenvalue weighted by atomic mass is 16.5. The third-order valence-electron chi connectivity index (χ3n) is 2.08. The molecule has 0 aromatic carbocycles. The van der Waals surface area contributed by atoms with Crippen molar-refractivity contribution in [1.82, 2.24) is 5.32 Å². The maximum atomic E-state index is 11.5. The van der Waals surface area contributed by atoms with Crippen molar-refractivity contribution in [2.24, 2.45) is 5.92 Å². The van der Waals surface area contributed by atoms with E-state index in [1.807, 2.05) is 27.7 Å². The molecule has 0 bridgehead atoms. The van der Waals surface area contributed by atoms with Gasteiger partial charge in [0, 0.05) is 0 Å². The van der Waals surface area contributed by atoms with Crippen LogP contribution in [0.4, 0.5) is 0 Å². The molecule has 1 N–H and O–H groups in total. The van der Waals surface area contributed by atoms with Gasteiger partial charge >= 0.3 is 5.97 Å². The summed E-state index contributed by atoms with van der Waals surface area (Å²) in [6.07, 6.45) is 0.544. The Morgan fingerprint density at radius 1 is 1.18 bits per heavy atom. The molecule has 0 spiro atoms. The molecule has 0 aliphatic heterocycles. The van der Waals surface area contributed by atoms with Crippen LogP contribution >= 0.6 is 0 Å². The number of carbonyl (C=O) groups excluding carboxylic acids is 2. The fourth-order valence-electron chi connectivity index (χ4n) is 1.31. The molecule has 0 aliphatic rings. The van der Waals surface area contributed by atoms with Gasteiger partial charge in [-0.05, 0) is 26.2 Å². The molecule has 0 unspecified atom stereocenters. The number of ether oxygens (including phenoxy) is 2. The van der Waals surface area contributed by atoms with Crippen LogP contribution in [-0.2, 0) is 19.1 Å². The largest absolute Gasteiger partial charge is 0.467 e. The lowest BCUT2D eigenvalue weighted by atomic mass is 10.0. The minimum Gasteiger partial charge on any atom is -0.467 e. The maximum absolute atomic E-state index is 11.5. The zero-order chi connectivity index (χ0) is 13.4. The highest BCUT2D eigenvalue weighted by Crippen LogP contribution is 2.06. The molecule has 100 valence electrons. The van der Waals surface area contributed by atoms with Gasteiger partial charge in [-0.25, -0.2) is 4.79 Å². The average molecular weight is 245 g/mol. The van der Waals surface area contributed by atoms with Crippen LogP contribution in [0.1, 0.15) is 34.1 Å². The minimum absolute atomic E-state index is 0.0116. The van der Waals surface area contributed by atoms with Crippen LogP contribution in [0.25, 0.3) is 0 Å². The quantitative estimate of drug-likeness (QED) is 0.682. The van der Waals surface area contributed by atoms with Crippen LogP contribution in [0, 0.1) is 5.92 Å². The number of amides is 1. The molecule has 0 saturated carbocycles. The molecule has 1 amide bonds. The summed E-state index contributed by atoms with van der Waals surface area (Å²) in [6, 6.07) is -0.594. The van der Waals surface area contributed by atoms with E-state index >= 15 is 0 Å². The first-order chi connectivity index (χ1) is 7.86. The SMILES string of the molecule is COC(=O)[C@H](CC(C)C)NC(=O)COC(C)C. The van der Waals surface area contributed by atoms with E-state index in [1.54, 1.807) is 0 Å². The third-order valence-corrected chi connectivity index (χ3v) is 2.08. The number of hydrogen-bond donors (Lipinski definition) is 1. The van der Waals surface area contributed by atoms with Crippen LogP contribution in [0.15, 0.2) is 0 Å². The predicted molar refractivity (Wildman–Crippen MR) is 64.5 cm³/mol. The van der Waals surface area contributed by atoms with Crippen molar-refractivity contribution in [2.75, 3.05) is 13.7 Å². The number of methoxy groups -OCH3 is 1. The topological polar surface area (TPSA) is 64.6 Å². The van der Waals surface area contributed by atoms with Gasteiger partial charge in [-0.2, -0.15) is 0 Å². The molecule has 0 radical (unpaired) electrons. The third kappa shape index (κ3) is 7.74. The summed E-state index contributed by atoms with van der Waals surface area (Å²) in [7, 11) is 1.31. The van der Waals surface area contributed by atoms with Gasteiger partial charge in [-0.15, -0.1) is 0 Å². The lowest BCUT2D eigenvalue weighted by molar-refractivity contribution is -0.146. The van der Waals surface area contributed by atoms with Gasteiger partial charge in [0.15, 0.2) is 0 Å². The lowest BCUT2D eigenvalue weighted by Gasteiger charge is -2.18. The molecule has 0 fully saturated rings. The average Bonchev–Trinajstić information content (AvgIpc) is 2.23. The Kier molecular flexibility index (Phi) is 7.54. The molecule has 0 saturated heterocycles. The van der Waals surface area contributed by atoms with E-state index in [0.717, 1.165) is 0 Å². The number of rotatable bonds is 7. The second-order valence-electron chi connectivity index (χ2n) is 4.63. The maximum Gasteiger partial charge on any atom is 0.328 e. The Morgan fingerprint density at radius 2 is 1.76 bits per heavy atom. The second-order valence-corrected chi connectivity index (χ2v) is 4.63. The summed E-state index contributed by atoms with van der Waals surface area (Å²) in [5.74, 6) is -0.420. The standard InChI is InChI=1S/C12H23NO4/c1-8(2)6-10(12(15)16-5)13-11(14)7-17-9(3)4/h8-10H,6-7H2,1-5H3,(H,13,14)/t10-/m0/s1. The van der Waals surface area contributed by atoms with Gasteiger partial charge in [-0.1, -0.05) is 13.8 Å². The van der Waals surface area contributed by atoms with Crippen LogP contribution in [0.3, 0.4) is 0 Å². The highest BCUT2D eigenvalue weighted by molar-refractivity contribution is 5.85. The Morgan fingerprint density at radius 3 is 2.18 bits per heavy atom. The first-order valence-electron chi connectivity index (χ1n) is 5.85. The number of nitrogens with one attached hydrogen (secondary N) is 1. The summed E-state index contributed by atoms with van der Waals surface area (Å²) in [5, 5.41) is 2.62. The Balaban J connectivity index is 4.22. The summed E-state index contributed by atoms with van der Waals surface area (Å²) in [5.41, 5.74) is 0. The lowest BCUT2D eigenvalue weighted by Crippen LogP contribution is -2.44. The number of carbonyl (C=O) groups is 2. The molecule has 0 aliphatic carbocycles. The van der Waals surface area contributed by atoms with E-state index in [-0.39, 0.29) is 18.6 Å². The molecule has 0 rings (SSSR count). The van der Waals surface area contributed by atoms with Gasteiger partial charge in [0.1, 0.15) is 12.6 Å². The van der Waals surface area contributed by atoms with Crippen LogP contribution < -0.4 is 5.32 Å². The minimum atomic E-state index is -0.594. The number of hydrogen-bond acceptors (Lipinski definition) is 4. The van der Waals surface area contributed by atoms with Crippen molar-refractivity contribution >= 4 is 11.9 Å². The fourth-order valence-corrected chi connectivity index (χ4v) is 1.31. The van der Waals surface area contributed by atoms with E-state index < -0.39 is 12.0 Å². The van der Waals surface area contributed by atoms with Gasteiger partial charge in [0.25, 0.3) is 0 Å². The summed E-state index contributed by atoms with van der Waals surface area (Å²) < 4.78 is 9.80. The Labute approximate surface area is 103 Å². The first kappa shape index (κ1) is 15.9. The zero-order valence-corrected chi connectivity index (χ0v) is 11.3. The van der Waals surface area contributed by atoms with Crippen LogP contribution in [0.5, 0.6) is 0 Å². The van der Waals surface area contributed by atoms with Gasteiger partial charge in [0.2, 0.25) is 5.91 Å². The van der Waals surface area contributed by atoms with E-state index in [0.29, 0.717) is 12.3 Å². The second kappa shape index (κ2) is 8.06. The van der Waals surface area contributed by atoms with Crippen molar-refractivity contribution in [3.8, 4) is 0 Å². The van der Waals surface area contributed by atoms with Crippen molar-refractivity contribution in [3.05, 3.63) is 0 Å². The summed E-state index contributed by atoms with van der Waals surface area (Å²) in [4.78, 5) is 23.0. The molecular formula is C12H23NO4. The Hall–Kier alpha value is -1.10. The molecule has 0 aromatic rings. The highest BCUT2D eigenvalue weighted by Gasteiger charge is 2.22. The van der Waals surface area contributed by atoms with Crippen LogP contribution in [-0.4, -0.2) is 37.7 Å². The van der Waals surface area contributed by atoms with E-state index in [9.17, 15) is 9.59 Å². The number of esters is 1. The van der Waals surface area contributed by atoms with E-state index in [2.05, 4.69) is 10.1 Å². The predicted octanol–water partition coefficient (Wildman–Crippen LogP) is 1.12. The summed E-state index contributed by atoms with van der Waals surface area (Å²) >= 11 is 0. The van der Waals surface area contributed by atoms with Crippen molar-refractivity contribution < 1.29 is 19.1 Å². The molecule has 1 atom stereocenters. The summed E-state index contributed by atoms with van der Waals surface area (Å²) in [6.45, 7) is 7.61. The van der Waals surface area contributed by atoms with E-state index in [1.165, 1.54) is 7.11 Å². The molecule has 17 heavy (non-hydrogen) atoms. The van der Waals surface area contributed by atoms with Crippen LogP contribution in [0.2, 0.25) is 0 Å². The smallest absolute Gasteiger partial charge is 0.328 e. The van der Waals surface area contributed by atoms with Crippen molar-refractivity contribution in [2.45, 2.75) is 46.3 Å².